The molecule has 0 amide bonds. The van der Waals surface area contributed by atoms with Gasteiger partial charge in [0.25, 0.3) is 0 Å². The number of aromatic carboxylic acids is 1. The standard InChI is InChI=1S/C28H31BrN2O3/c1-28(30(2)19-21-3-7-23(8-4-21)27(32)33)15-17-31(18-16-28)20-22-5-11-25(12-6-22)34-26-13-9-24(29)10-14-26/h3-14H,15-20H2,1-2H3,(H,32,33). The number of rotatable bonds is 8. The fourth-order valence-corrected chi connectivity index (χ4v) is 4.62. The molecule has 0 bridgehead atoms. The summed E-state index contributed by atoms with van der Waals surface area (Å²) in [6.07, 6.45) is 2.20. The monoisotopic (exact) mass is 522 g/mol. The molecule has 5 nitrogen and oxygen atoms in total. The lowest BCUT2D eigenvalue weighted by Crippen LogP contribution is -2.51. The molecule has 0 unspecified atom stereocenters. The Balaban J connectivity index is 1.27. The van der Waals surface area contributed by atoms with Gasteiger partial charge in [0.15, 0.2) is 0 Å². The van der Waals surface area contributed by atoms with Gasteiger partial charge in [-0.1, -0.05) is 40.2 Å². The molecule has 178 valence electrons. The van der Waals surface area contributed by atoms with Crippen molar-refractivity contribution in [1.29, 1.82) is 0 Å². The predicted octanol–water partition coefficient (Wildman–Crippen LogP) is 6.43. The summed E-state index contributed by atoms with van der Waals surface area (Å²) in [7, 11) is 2.17. The van der Waals surface area contributed by atoms with Crippen LogP contribution in [-0.2, 0) is 13.1 Å². The van der Waals surface area contributed by atoms with E-state index in [0.29, 0.717) is 5.56 Å². The first-order valence-electron chi connectivity index (χ1n) is 11.6. The maximum absolute atomic E-state index is 11.1. The van der Waals surface area contributed by atoms with Crippen LogP contribution in [0.4, 0.5) is 0 Å². The highest BCUT2D eigenvalue weighted by Crippen LogP contribution is 2.30. The van der Waals surface area contributed by atoms with Crippen LogP contribution in [0.25, 0.3) is 0 Å². The van der Waals surface area contributed by atoms with E-state index in [-0.39, 0.29) is 5.54 Å². The van der Waals surface area contributed by atoms with Crippen molar-refractivity contribution in [2.45, 2.75) is 38.4 Å². The SMILES string of the molecule is CN(Cc1ccc(C(=O)O)cc1)C1(C)CCN(Cc2ccc(Oc3ccc(Br)cc3)cc2)CC1. The summed E-state index contributed by atoms with van der Waals surface area (Å²) in [5, 5.41) is 9.09. The largest absolute Gasteiger partial charge is 0.478 e. The smallest absolute Gasteiger partial charge is 0.335 e. The van der Waals surface area contributed by atoms with Gasteiger partial charge in [-0.15, -0.1) is 0 Å². The summed E-state index contributed by atoms with van der Waals surface area (Å²) in [6, 6.07) is 23.4. The molecule has 3 aromatic carbocycles. The quantitative estimate of drug-likeness (QED) is 0.369. The highest BCUT2D eigenvalue weighted by molar-refractivity contribution is 9.10. The van der Waals surface area contributed by atoms with Crippen molar-refractivity contribution in [3.8, 4) is 11.5 Å². The van der Waals surface area contributed by atoms with E-state index in [1.807, 2.05) is 48.5 Å². The molecular weight excluding hydrogens is 492 g/mol. The van der Waals surface area contributed by atoms with Crippen molar-refractivity contribution < 1.29 is 14.6 Å². The third-order valence-electron chi connectivity index (χ3n) is 6.85. The third-order valence-corrected chi connectivity index (χ3v) is 7.38. The number of hydrogen-bond acceptors (Lipinski definition) is 4. The fourth-order valence-electron chi connectivity index (χ4n) is 4.35. The molecule has 0 aliphatic carbocycles. The van der Waals surface area contributed by atoms with Crippen LogP contribution >= 0.6 is 15.9 Å². The van der Waals surface area contributed by atoms with Crippen molar-refractivity contribution in [2.24, 2.45) is 0 Å². The number of likely N-dealkylation sites (tertiary alicyclic amines) is 1. The average Bonchev–Trinajstić information content (AvgIpc) is 2.83. The van der Waals surface area contributed by atoms with Gasteiger partial charge in [0.1, 0.15) is 11.5 Å². The highest BCUT2D eigenvalue weighted by atomic mass is 79.9. The second-order valence-electron chi connectivity index (χ2n) is 9.33. The van der Waals surface area contributed by atoms with E-state index in [2.05, 4.69) is 51.8 Å². The van der Waals surface area contributed by atoms with Gasteiger partial charge < -0.3 is 9.84 Å². The van der Waals surface area contributed by atoms with Gasteiger partial charge in [-0.2, -0.15) is 0 Å². The van der Waals surface area contributed by atoms with E-state index in [9.17, 15) is 4.79 Å². The number of benzene rings is 3. The number of hydrogen-bond donors (Lipinski definition) is 1. The number of piperidine rings is 1. The zero-order valence-corrected chi connectivity index (χ0v) is 21.3. The molecule has 0 aromatic heterocycles. The Hall–Kier alpha value is -2.67. The minimum atomic E-state index is -0.883. The summed E-state index contributed by atoms with van der Waals surface area (Å²) in [5.74, 6) is 0.787. The minimum Gasteiger partial charge on any atom is -0.478 e. The first-order valence-corrected chi connectivity index (χ1v) is 12.4. The summed E-state index contributed by atoms with van der Waals surface area (Å²) in [4.78, 5) is 16.0. The van der Waals surface area contributed by atoms with Crippen molar-refractivity contribution in [2.75, 3.05) is 20.1 Å². The number of carboxylic acids is 1. The Morgan fingerprint density at radius 1 is 0.941 bits per heavy atom. The van der Waals surface area contributed by atoms with E-state index in [0.717, 1.165) is 60.6 Å². The first kappa shape index (κ1) is 24.5. The number of halogens is 1. The van der Waals surface area contributed by atoms with Crippen LogP contribution in [0.1, 0.15) is 41.3 Å². The van der Waals surface area contributed by atoms with E-state index in [4.69, 9.17) is 9.84 Å². The van der Waals surface area contributed by atoms with Gasteiger partial charge >= 0.3 is 5.97 Å². The van der Waals surface area contributed by atoms with Crippen LogP contribution in [0, 0.1) is 0 Å². The van der Waals surface area contributed by atoms with Gasteiger partial charge in [-0.3, -0.25) is 9.80 Å². The number of carboxylic acid groups (broad SMARTS) is 1. The summed E-state index contributed by atoms with van der Waals surface area (Å²) in [5.41, 5.74) is 2.89. The van der Waals surface area contributed by atoms with Crippen molar-refractivity contribution in [1.82, 2.24) is 9.80 Å². The molecule has 1 saturated heterocycles. The summed E-state index contributed by atoms with van der Waals surface area (Å²) < 4.78 is 6.97. The molecule has 0 spiro atoms. The molecule has 34 heavy (non-hydrogen) atoms. The second kappa shape index (κ2) is 10.7. The maximum atomic E-state index is 11.1. The lowest BCUT2D eigenvalue weighted by atomic mass is 9.87. The van der Waals surface area contributed by atoms with Gasteiger partial charge in [-0.05, 0) is 86.5 Å². The van der Waals surface area contributed by atoms with Crippen LogP contribution in [0.15, 0.2) is 77.3 Å². The number of nitrogens with zero attached hydrogens (tertiary/aromatic N) is 2. The molecule has 0 saturated carbocycles. The van der Waals surface area contributed by atoms with Crippen LogP contribution in [0.2, 0.25) is 0 Å². The lowest BCUT2D eigenvalue weighted by Gasteiger charge is -2.45. The molecule has 0 atom stereocenters. The van der Waals surface area contributed by atoms with Crippen LogP contribution < -0.4 is 4.74 Å². The van der Waals surface area contributed by atoms with Gasteiger partial charge in [0.2, 0.25) is 0 Å². The molecule has 3 aromatic rings. The van der Waals surface area contributed by atoms with Crippen LogP contribution in [0.5, 0.6) is 11.5 Å². The van der Waals surface area contributed by atoms with E-state index >= 15 is 0 Å². The molecule has 1 aliphatic heterocycles. The Labute approximate surface area is 210 Å². The molecule has 6 heteroatoms. The Morgan fingerprint density at radius 2 is 1.47 bits per heavy atom. The van der Waals surface area contributed by atoms with Gasteiger partial charge in [0.05, 0.1) is 5.56 Å². The maximum Gasteiger partial charge on any atom is 0.335 e. The van der Waals surface area contributed by atoms with Crippen LogP contribution in [-0.4, -0.2) is 46.6 Å². The van der Waals surface area contributed by atoms with E-state index < -0.39 is 5.97 Å². The zero-order valence-electron chi connectivity index (χ0n) is 19.7. The Morgan fingerprint density at radius 3 is 2.03 bits per heavy atom. The topological polar surface area (TPSA) is 53.0 Å². The minimum absolute atomic E-state index is 0.129. The normalized spacial score (nSPS) is 15.9. The molecule has 1 N–H and O–H groups in total. The number of carbonyl (C=O) groups is 1. The van der Waals surface area contributed by atoms with Gasteiger partial charge in [-0.25, -0.2) is 4.79 Å². The molecule has 1 heterocycles. The van der Waals surface area contributed by atoms with Crippen molar-refractivity contribution >= 4 is 21.9 Å². The molecule has 1 fully saturated rings. The fraction of sp³-hybridized carbons (Fsp3) is 0.321. The highest BCUT2D eigenvalue weighted by Gasteiger charge is 2.33. The van der Waals surface area contributed by atoms with Crippen LogP contribution in [0.3, 0.4) is 0 Å². The average molecular weight is 523 g/mol. The van der Waals surface area contributed by atoms with Crippen molar-refractivity contribution in [3.63, 3.8) is 0 Å². The Kier molecular flexibility index (Phi) is 7.71. The second-order valence-corrected chi connectivity index (χ2v) is 10.2. The number of ether oxygens (including phenoxy) is 1. The summed E-state index contributed by atoms with van der Waals surface area (Å²) >= 11 is 3.44. The van der Waals surface area contributed by atoms with E-state index in [1.54, 1.807) is 12.1 Å². The third kappa shape index (κ3) is 6.26. The zero-order chi connectivity index (χ0) is 24.1. The van der Waals surface area contributed by atoms with Gasteiger partial charge in [0, 0.05) is 36.2 Å². The van der Waals surface area contributed by atoms with E-state index in [1.165, 1.54) is 5.56 Å². The van der Waals surface area contributed by atoms with Crippen molar-refractivity contribution in [3.05, 3.63) is 94.0 Å². The lowest BCUT2D eigenvalue weighted by molar-refractivity contribution is 0.0450. The predicted molar refractivity (Wildman–Crippen MR) is 138 cm³/mol. The molecular formula is C28H31BrN2O3. The Bertz CT molecular complexity index is 1090. The first-order chi connectivity index (χ1) is 16.3. The molecule has 1 aliphatic rings. The summed E-state index contributed by atoms with van der Waals surface area (Å²) in [6.45, 7) is 6.20. The molecule has 0 radical (unpaired) electrons. The molecule has 4 rings (SSSR count).